The topological polar surface area (TPSA) is 3.24 Å². The van der Waals surface area contributed by atoms with Crippen molar-refractivity contribution in [1.29, 1.82) is 0 Å². The fraction of sp³-hybridized carbons (Fsp3) is 0.571. The van der Waals surface area contributed by atoms with Crippen LogP contribution in [-0.2, 0) is 6.54 Å². The molecule has 0 aliphatic heterocycles. The first kappa shape index (κ1) is 15.8. The molecule has 1 nitrogen and oxygen atoms in total. The maximum absolute atomic E-state index is 3.32. The average molecular weight is 211 g/mol. The number of hydrogen-bond donors (Lipinski definition) is 0. The van der Waals surface area contributed by atoms with Crippen LogP contribution in [0.25, 0.3) is 0 Å². The molecule has 0 atom stereocenters. The molecule has 0 radical (unpaired) electrons. The van der Waals surface area contributed by atoms with Gasteiger partial charge in [-0.05, 0) is 19.0 Å². The molecular weight excluding hydrogens is 189 g/mol. The minimum atomic E-state index is 0. The summed E-state index contributed by atoms with van der Waals surface area (Å²) in [5.41, 5.74) is 2.72. The van der Waals surface area contributed by atoms with Gasteiger partial charge in [-0.15, -0.1) is 5.56 Å². The summed E-state index contributed by atoms with van der Waals surface area (Å²) in [5, 5.41) is 0. The molecule has 0 spiro atoms. The van der Waals surface area contributed by atoms with Crippen molar-refractivity contribution in [1.82, 2.24) is 4.90 Å². The van der Waals surface area contributed by atoms with Gasteiger partial charge in [0, 0.05) is 6.54 Å². The van der Waals surface area contributed by atoms with E-state index in [0.29, 0.717) is 5.92 Å². The summed E-state index contributed by atoms with van der Waals surface area (Å²) in [4.78, 5) is 2.41. The molecule has 0 unspecified atom stereocenters. The second-order valence-electron chi connectivity index (χ2n) is 4.26. The van der Waals surface area contributed by atoms with E-state index in [1.54, 1.807) is 0 Å². The smallest absolute Gasteiger partial charge is 0.302 e. The van der Waals surface area contributed by atoms with Gasteiger partial charge in [0.2, 0.25) is 0 Å². The van der Waals surface area contributed by atoms with E-state index >= 15 is 0 Å². The third-order valence-electron chi connectivity index (χ3n) is 2.84. The zero-order valence-electron chi connectivity index (χ0n) is 11.4. The van der Waals surface area contributed by atoms with Crippen molar-refractivity contribution >= 4 is 0 Å². The number of hydrogen-bond acceptors (Lipinski definition) is 1. The second-order valence-corrected chi connectivity index (χ2v) is 4.26. The van der Waals surface area contributed by atoms with Crippen LogP contribution < -0.4 is 18.9 Å². The minimum absolute atomic E-state index is 0. The molecule has 0 saturated heterocycles. The zero-order valence-corrected chi connectivity index (χ0v) is 11.4. The first-order chi connectivity index (χ1) is 7.17. The number of nitrogens with zero attached hydrogens (tertiary/aromatic N) is 1. The molecule has 0 aliphatic carbocycles. The van der Waals surface area contributed by atoms with Crippen LogP contribution >= 0.6 is 0 Å². The summed E-state index contributed by atoms with van der Waals surface area (Å²) < 4.78 is 0. The predicted octanol–water partition coefficient (Wildman–Crippen LogP) is 0.456. The molecule has 0 heterocycles. The third kappa shape index (κ3) is 4.74. The van der Waals surface area contributed by atoms with E-state index < -0.39 is 0 Å². The number of rotatable bonds is 5. The Balaban J connectivity index is 0.00000225. The number of benzene rings is 1. The van der Waals surface area contributed by atoms with Crippen molar-refractivity contribution in [3.63, 3.8) is 0 Å². The van der Waals surface area contributed by atoms with Crippen LogP contribution in [-0.4, -0.2) is 18.0 Å². The largest absolute Gasteiger partial charge is 1.00 e. The molecule has 1 aromatic carbocycles. The Morgan fingerprint density at radius 2 is 1.88 bits per heavy atom. The van der Waals surface area contributed by atoms with Crippen LogP contribution in [0.15, 0.2) is 18.2 Å². The van der Waals surface area contributed by atoms with E-state index in [1.807, 2.05) is 6.07 Å². The van der Waals surface area contributed by atoms with Gasteiger partial charge in [-0.2, -0.15) is 29.8 Å². The zero-order chi connectivity index (χ0) is 11.3. The molecule has 0 amide bonds. The fourth-order valence-corrected chi connectivity index (χ4v) is 1.67. The summed E-state index contributed by atoms with van der Waals surface area (Å²) in [6.45, 7) is 12.1. The molecule has 0 fully saturated rings. The van der Waals surface area contributed by atoms with Gasteiger partial charge in [0.25, 0.3) is 0 Å². The summed E-state index contributed by atoms with van der Waals surface area (Å²) >= 11 is 0. The van der Waals surface area contributed by atoms with E-state index in [4.69, 9.17) is 0 Å². The molecule has 84 valence electrons. The summed E-state index contributed by atoms with van der Waals surface area (Å²) in [6, 6.07) is 9.81. The van der Waals surface area contributed by atoms with Crippen molar-refractivity contribution in [2.24, 2.45) is 0 Å². The van der Waals surface area contributed by atoms with Crippen molar-refractivity contribution < 1.29 is 18.9 Å². The van der Waals surface area contributed by atoms with Crippen molar-refractivity contribution in [3.8, 4) is 0 Å². The van der Waals surface area contributed by atoms with E-state index in [0.717, 1.165) is 19.6 Å². The molecule has 0 bridgehead atoms. The van der Waals surface area contributed by atoms with Gasteiger partial charge >= 0.3 is 18.9 Å². The van der Waals surface area contributed by atoms with Crippen molar-refractivity contribution in [3.05, 3.63) is 35.4 Å². The summed E-state index contributed by atoms with van der Waals surface area (Å²) in [6.07, 6.45) is 0. The fourth-order valence-electron chi connectivity index (χ4n) is 1.67. The normalized spacial score (nSPS) is 10.6. The molecule has 0 aromatic heterocycles. The van der Waals surface area contributed by atoms with Gasteiger partial charge in [0.05, 0.1) is 0 Å². The first-order valence-electron chi connectivity index (χ1n) is 5.90. The van der Waals surface area contributed by atoms with Crippen LogP contribution in [0.4, 0.5) is 0 Å². The molecule has 0 saturated carbocycles. The van der Waals surface area contributed by atoms with Gasteiger partial charge in [0.1, 0.15) is 0 Å². The summed E-state index contributed by atoms with van der Waals surface area (Å²) in [5.74, 6) is 0.607. The Hall–Kier alpha value is -0.223. The second kappa shape index (κ2) is 7.96. The predicted molar refractivity (Wildman–Crippen MR) is 66.0 cm³/mol. The standard InChI is InChI=1S/C14H22N.Li/c1-5-15(6-2)11-13-8-7-9-14(10-13)12(3)4;/h7,9-10,12H,5-6,11H2,1-4H3;/q-1;+1. The van der Waals surface area contributed by atoms with Gasteiger partial charge in [-0.3, -0.25) is 0 Å². The Labute approximate surface area is 112 Å². The average Bonchev–Trinajstić information content (AvgIpc) is 2.26. The quantitative estimate of drug-likeness (QED) is 0.505. The van der Waals surface area contributed by atoms with E-state index in [-0.39, 0.29) is 18.9 Å². The van der Waals surface area contributed by atoms with E-state index in [2.05, 4.69) is 50.8 Å². The minimum Gasteiger partial charge on any atom is -0.302 e. The van der Waals surface area contributed by atoms with Crippen LogP contribution in [0.3, 0.4) is 0 Å². The van der Waals surface area contributed by atoms with Crippen LogP contribution in [0.1, 0.15) is 44.7 Å². The summed E-state index contributed by atoms with van der Waals surface area (Å²) in [7, 11) is 0. The third-order valence-corrected chi connectivity index (χ3v) is 2.84. The first-order valence-corrected chi connectivity index (χ1v) is 5.90. The molecular formula is C14H22LiN. The van der Waals surface area contributed by atoms with E-state index in [1.165, 1.54) is 11.1 Å². The van der Waals surface area contributed by atoms with E-state index in [9.17, 15) is 0 Å². The van der Waals surface area contributed by atoms with Crippen molar-refractivity contribution in [2.45, 2.75) is 40.2 Å². The Morgan fingerprint density at radius 3 is 2.38 bits per heavy atom. The molecule has 0 aliphatic rings. The van der Waals surface area contributed by atoms with Crippen LogP contribution in [0.2, 0.25) is 0 Å². The van der Waals surface area contributed by atoms with Crippen molar-refractivity contribution in [2.75, 3.05) is 13.1 Å². The molecule has 1 aromatic rings. The van der Waals surface area contributed by atoms with Crippen LogP contribution in [0, 0.1) is 6.07 Å². The SMILES string of the molecule is CCN(CC)Cc1[c-]ccc(C(C)C)c1.[Li+]. The van der Waals surface area contributed by atoms with Gasteiger partial charge in [-0.1, -0.05) is 27.7 Å². The molecule has 1 rings (SSSR count). The molecule has 0 N–H and O–H groups in total. The monoisotopic (exact) mass is 211 g/mol. The Morgan fingerprint density at radius 1 is 1.25 bits per heavy atom. The van der Waals surface area contributed by atoms with Crippen LogP contribution in [0.5, 0.6) is 0 Å². The van der Waals surface area contributed by atoms with Gasteiger partial charge in [-0.25, -0.2) is 0 Å². The Bertz CT molecular complexity index is 293. The molecule has 2 heteroatoms. The Kier molecular flexibility index (Phi) is 7.84. The molecule has 16 heavy (non-hydrogen) atoms. The maximum atomic E-state index is 3.32. The maximum Gasteiger partial charge on any atom is 1.00 e. The van der Waals surface area contributed by atoms with Gasteiger partial charge in [0.15, 0.2) is 0 Å². The van der Waals surface area contributed by atoms with Gasteiger partial charge < -0.3 is 4.90 Å².